The van der Waals surface area contributed by atoms with Crippen LogP contribution in [0.1, 0.15) is 24.4 Å². The Balaban J connectivity index is 2.15. The van der Waals surface area contributed by atoms with Crippen LogP contribution >= 0.6 is 0 Å². The van der Waals surface area contributed by atoms with E-state index in [-0.39, 0.29) is 5.56 Å². The van der Waals surface area contributed by atoms with Crippen molar-refractivity contribution in [2.45, 2.75) is 18.9 Å². The van der Waals surface area contributed by atoms with Gasteiger partial charge < -0.3 is 9.84 Å². The molecule has 0 aliphatic carbocycles. The summed E-state index contributed by atoms with van der Waals surface area (Å²) in [4.78, 5) is 13.1. The van der Waals surface area contributed by atoms with E-state index in [1.54, 1.807) is 11.9 Å². The van der Waals surface area contributed by atoms with Crippen LogP contribution in [0.5, 0.6) is 0 Å². The third-order valence-corrected chi connectivity index (χ3v) is 3.82. The van der Waals surface area contributed by atoms with Crippen LogP contribution in [0, 0.1) is 17.6 Å². The molecule has 21 heavy (non-hydrogen) atoms. The van der Waals surface area contributed by atoms with E-state index in [9.17, 15) is 18.7 Å². The molecule has 0 radical (unpaired) electrons. The fraction of sp³-hybridized carbons (Fsp3) is 0.533. The quantitative estimate of drug-likeness (QED) is 0.907. The van der Waals surface area contributed by atoms with Crippen molar-refractivity contribution in [2.75, 3.05) is 26.8 Å². The summed E-state index contributed by atoms with van der Waals surface area (Å²) < 4.78 is 32.1. The Morgan fingerprint density at radius 1 is 1.43 bits per heavy atom. The molecular formula is C15H19F2NO3. The minimum absolute atomic E-state index is 0.0153. The van der Waals surface area contributed by atoms with Crippen LogP contribution < -0.4 is 0 Å². The SMILES string of the molecule is CN(CC1CCOCC1)C(C(=O)O)c1ccc(F)cc1F. The van der Waals surface area contributed by atoms with Crippen molar-refractivity contribution < 1.29 is 23.4 Å². The summed E-state index contributed by atoms with van der Waals surface area (Å²) in [5.41, 5.74) is -0.0153. The highest BCUT2D eigenvalue weighted by Crippen LogP contribution is 2.26. The number of benzene rings is 1. The van der Waals surface area contributed by atoms with Crippen molar-refractivity contribution in [2.24, 2.45) is 5.92 Å². The number of hydrogen-bond donors (Lipinski definition) is 1. The third kappa shape index (κ3) is 3.98. The van der Waals surface area contributed by atoms with E-state index in [4.69, 9.17) is 4.74 Å². The predicted octanol–water partition coefficient (Wildman–Crippen LogP) is 2.45. The largest absolute Gasteiger partial charge is 0.480 e. The van der Waals surface area contributed by atoms with E-state index >= 15 is 0 Å². The van der Waals surface area contributed by atoms with Gasteiger partial charge in [0.05, 0.1) is 0 Å². The summed E-state index contributed by atoms with van der Waals surface area (Å²) >= 11 is 0. The van der Waals surface area contributed by atoms with Gasteiger partial charge in [-0.2, -0.15) is 0 Å². The second kappa shape index (κ2) is 6.95. The Kier molecular flexibility index (Phi) is 5.25. The summed E-state index contributed by atoms with van der Waals surface area (Å²) in [5, 5.41) is 9.39. The zero-order valence-corrected chi connectivity index (χ0v) is 11.9. The van der Waals surface area contributed by atoms with E-state index in [0.29, 0.717) is 31.7 Å². The van der Waals surface area contributed by atoms with Crippen LogP contribution in [0.3, 0.4) is 0 Å². The summed E-state index contributed by atoms with van der Waals surface area (Å²) in [6.07, 6.45) is 1.73. The second-order valence-corrected chi connectivity index (χ2v) is 5.40. The number of rotatable bonds is 5. The number of ether oxygens (including phenoxy) is 1. The second-order valence-electron chi connectivity index (χ2n) is 5.40. The first-order valence-corrected chi connectivity index (χ1v) is 6.94. The molecule has 0 bridgehead atoms. The third-order valence-electron chi connectivity index (χ3n) is 3.82. The van der Waals surface area contributed by atoms with E-state index in [2.05, 4.69) is 0 Å². The maximum atomic E-state index is 13.8. The Labute approximate surface area is 122 Å². The number of carbonyl (C=O) groups is 1. The minimum atomic E-state index is -1.14. The average molecular weight is 299 g/mol. The summed E-state index contributed by atoms with van der Waals surface area (Å²) in [7, 11) is 1.65. The predicted molar refractivity (Wildman–Crippen MR) is 72.9 cm³/mol. The van der Waals surface area contributed by atoms with Gasteiger partial charge in [-0.05, 0) is 31.9 Å². The molecule has 0 saturated carbocycles. The molecule has 0 aromatic heterocycles. The number of nitrogens with zero attached hydrogens (tertiary/aromatic N) is 1. The van der Waals surface area contributed by atoms with Crippen LogP contribution in [0.2, 0.25) is 0 Å². The van der Waals surface area contributed by atoms with Crippen LogP contribution in [-0.4, -0.2) is 42.8 Å². The molecule has 1 aliphatic heterocycles. The number of carboxylic acids is 1. The van der Waals surface area contributed by atoms with Gasteiger partial charge in [0.25, 0.3) is 0 Å². The van der Waals surface area contributed by atoms with Crippen LogP contribution in [0.25, 0.3) is 0 Å². The highest BCUT2D eigenvalue weighted by atomic mass is 19.1. The molecule has 1 unspecified atom stereocenters. The Morgan fingerprint density at radius 3 is 2.67 bits per heavy atom. The lowest BCUT2D eigenvalue weighted by molar-refractivity contribution is -0.143. The topological polar surface area (TPSA) is 49.8 Å². The standard InChI is InChI=1S/C15H19F2NO3/c1-18(9-10-4-6-21-7-5-10)14(15(19)20)12-3-2-11(16)8-13(12)17/h2-3,8,10,14H,4-7,9H2,1H3,(H,19,20). The molecule has 116 valence electrons. The lowest BCUT2D eigenvalue weighted by Gasteiger charge is -2.31. The minimum Gasteiger partial charge on any atom is -0.480 e. The zero-order valence-electron chi connectivity index (χ0n) is 11.9. The number of carboxylic acid groups (broad SMARTS) is 1. The van der Waals surface area contributed by atoms with Crippen molar-refractivity contribution in [1.29, 1.82) is 0 Å². The van der Waals surface area contributed by atoms with Crippen molar-refractivity contribution >= 4 is 5.97 Å². The van der Waals surface area contributed by atoms with E-state index in [0.717, 1.165) is 18.9 Å². The highest BCUT2D eigenvalue weighted by Gasteiger charge is 2.29. The monoisotopic (exact) mass is 299 g/mol. The molecular weight excluding hydrogens is 280 g/mol. The normalized spacial score (nSPS) is 17.9. The number of aliphatic carboxylic acids is 1. The molecule has 0 spiro atoms. The Bertz CT molecular complexity index is 504. The van der Waals surface area contributed by atoms with Crippen molar-refractivity contribution in [3.05, 3.63) is 35.4 Å². The van der Waals surface area contributed by atoms with Crippen molar-refractivity contribution in [3.63, 3.8) is 0 Å². The van der Waals surface area contributed by atoms with Gasteiger partial charge in [0.15, 0.2) is 0 Å². The maximum absolute atomic E-state index is 13.8. The molecule has 1 heterocycles. The van der Waals surface area contributed by atoms with E-state index < -0.39 is 23.6 Å². The highest BCUT2D eigenvalue weighted by molar-refractivity contribution is 5.75. The first-order chi connectivity index (χ1) is 9.99. The van der Waals surface area contributed by atoms with E-state index in [1.807, 2.05) is 0 Å². The molecule has 1 aliphatic rings. The lowest BCUT2D eigenvalue weighted by atomic mass is 9.97. The Hall–Kier alpha value is -1.53. The fourth-order valence-corrected chi connectivity index (χ4v) is 2.72. The number of halogens is 2. The van der Waals surface area contributed by atoms with Crippen LogP contribution in [-0.2, 0) is 9.53 Å². The lowest BCUT2D eigenvalue weighted by Crippen LogP contribution is -2.36. The van der Waals surface area contributed by atoms with Gasteiger partial charge in [0.2, 0.25) is 0 Å². The Morgan fingerprint density at radius 2 is 2.10 bits per heavy atom. The first kappa shape index (κ1) is 15.9. The van der Waals surface area contributed by atoms with Gasteiger partial charge >= 0.3 is 5.97 Å². The van der Waals surface area contributed by atoms with Crippen LogP contribution in [0.15, 0.2) is 18.2 Å². The van der Waals surface area contributed by atoms with E-state index in [1.165, 1.54) is 6.07 Å². The summed E-state index contributed by atoms with van der Waals surface area (Å²) in [6, 6.07) is 1.88. The van der Waals surface area contributed by atoms with Gasteiger partial charge in [-0.25, -0.2) is 8.78 Å². The fourth-order valence-electron chi connectivity index (χ4n) is 2.72. The summed E-state index contributed by atoms with van der Waals surface area (Å²) in [6.45, 7) is 1.87. The first-order valence-electron chi connectivity index (χ1n) is 6.94. The zero-order chi connectivity index (χ0) is 15.4. The smallest absolute Gasteiger partial charge is 0.325 e. The molecule has 2 rings (SSSR count). The number of likely N-dealkylation sites (N-methyl/N-ethyl adjacent to an activating group) is 1. The van der Waals surface area contributed by atoms with Gasteiger partial charge in [0, 0.05) is 31.4 Å². The van der Waals surface area contributed by atoms with Crippen molar-refractivity contribution in [3.8, 4) is 0 Å². The van der Waals surface area contributed by atoms with Gasteiger partial charge in [0.1, 0.15) is 17.7 Å². The molecule has 1 aromatic carbocycles. The average Bonchev–Trinajstić information content (AvgIpc) is 2.42. The molecule has 1 saturated heterocycles. The summed E-state index contributed by atoms with van der Waals surface area (Å²) in [5.74, 6) is -2.36. The molecule has 1 fully saturated rings. The number of hydrogen-bond acceptors (Lipinski definition) is 3. The molecule has 1 atom stereocenters. The van der Waals surface area contributed by atoms with Gasteiger partial charge in [-0.15, -0.1) is 0 Å². The molecule has 4 nitrogen and oxygen atoms in total. The maximum Gasteiger partial charge on any atom is 0.325 e. The van der Waals surface area contributed by atoms with Gasteiger partial charge in [-0.3, -0.25) is 9.69 Å². The molecule has 0 amide bonds. The molecule has 1 aromatic rings. The van der Waals surface area contributed by atoms with Gasteiger partial charge in [-0.1, -0.05) is 6.07 Å². The molecule has 6 heteroatoms. The molecule has 1 N–H and O–H groups in total. The van der Waals surface area contributed by atoms with Crippen molar-refractivity contribution in [1.82, 2.24) is 4.90 Å². The van der Waals surface area contributed by atoms with Crippen LogP contribution in [0.4, 0.5) is 8.78 Å².